The lowest BCUT2D eigenvalue weighted by Crippen LogP contribution is -2.35. The first-order valence-corrected chi connectivity index (χ1v) is 9.03. The van der Waals surface area contributed by atoms with Crippen LogP contribution >= 0.6 is 0 Å². The van der Waals surface area contributed by atoms with Gasteiger partial charge in [-0.15, -0.1) is 0 Å². The minimum Gasteiger partial charge on any atom is -0.574 e. The smallest absolute Gasteiger partial charge is 0.574 e. The topological polar surface area (TPSA) is 78.9 Å². The maximum atomic E-state index is 13.0. The van der Waals surface area contributed by atoms with E-state index in [1.165, 1.54) is 0 Å². The number of hydrogen-bond donors (Lipinski definition) is 0. The second kappa shape index (κ2) is 10.7. The summed E-state index contributed by atoms with van der Waals surface area (Å²) in [6, 6.07) is 0. The minimum absolute atomic E-state index is 0.267. The molecule has 0 unspecified atom stereocenters. The zero-order chi connectivity index (χ0) is 24.8. The van der Waals surface area contributed by atoms with Crippen LogP contribution < -0.4 is 0 Å². The molecular formula is C15H12AlF9O6. The van der Waals surface area contributed by atoms with E-state index >= 15 is 0 Å². The van der Waals surface area contributed by atoms with Gasteiger partial charge in [-0.2, -0.15) is 39.5 Å². The lowest BCUT2D eigenvalue weighted by molar-refractivity contribution is -0.142. The number of hydrogen-bond acceptors (Lipinski definition) is 6. The Balaban J connectivity index is 6.44. The van der Waals surface area contributed by atoms with Gasteiger partial charge in [0.2, 0.25) is 0 Å². The molecule has 0 radical (unpaired) electrons. The van der Waals surface area contributed by atoms with Gasteiger partial charge in [-0.05, 0) is 20.8 Å². The van der Waals surface area contributed by atoms with Crippen LogP contribution in [-0.2, 0) is 25.7 Å². The lowest BCUT2D eigenvalue weighted by atomic mass is 10.3. The van der Waals surface area contributed by atoms with Crippen molar-refractivity contribution in [2.75, 3.05) is 0 Å². The molecule has 6 nitrogen and oxygen atoms in total. The van der Waals surface area contributed by atoms with E-state index in [9.17, 15) is 53.9 Å². The van der Waals surface area contributed by atoms with Gasteiger partial charge >= 0.3 is 33.7 Å². The molecule has 0 aliphatic carbocycles. The lowest BCUT2D eigenvalue weighted by Gasteiger charge is -2.23. The molecule has 0 aromatic rings. The molecule has 0 saturated heterocycles. The van der Waals surface area contributed by atoms with E-state index < -0.39 is 68.3 Å². The highest BCUT2D eigenvalue weighted by Crippen LogP contribution is 2.33. The Kier molecular flexibility index (Phi) is 9.86. The Hall–Kier alpha value is -2.47. The molecule has 0 fully saturated rings. The molecule has 0 aromatic carbocycles. The summed E-state index contributed by atoms with van der Waals surface area (Å²) in [5, 5.41) is 0. The number of rotatable bonds is 9. The van der Waals surface area contributed by atoms with Gasteiger partial charge in [0.05, 0.1) is 0 Å². The molecule has 0 rings (SSSR count). The highest BCUT2D eigenvalue weighted by molar-refractivity contribution is 6.38. The van der Waals surface area contributed by atoms with Gasteiger partial charge in [0.1, 0.15) is 0 Å². The SMILES string of the molecule is CC(=O)/C=C(\[O][Al]([O]/C(=C\C(C)=O)C(F)(F)F)[O]/C(=C/C(C)=O)C(F)(F)F)C(F)(F)F. The fourth-order valence-corrected chi connectivity index (χ4v) is 2.86. The van der Waals surface area contributed by atoms with Crippen molar-refractivity contribution in [2.24, 2.45) is 0 Å². The van der Waals surface area contributed by atoms with Crippen LogP contribution in [0.25, 0.3) is 0 Å². The van der Waals surface area contributed by atoms with Crippen LogP contribution in [0.2, 0.25) is 0 Å². The minimum atomic E-state index is -5.55. The van der Waals surface area contributed by atoms with Crippen LogP contribution in [0.5, 0.6) is 0 Å². The molecule has 0 bridgehead atoms. The Morgan fingerprint density at radius 3 is 0.871 bits per heavy atom. The zero-order valence-corrected chi connectivity index (χ0v) is 16.8. The number of ketones is 3. The van der Waals surface area contributed by atoms with Crippen molar-refractivity contribution in [1.82, 2.24) is 0 Å². The summed E-state index contributed by atoms with van der Waals surface area (Å²) in [7, 11) is 0. The molecule has 0 amide bonds. The summed E-state index contributed by atoms with van der Waals surface area (Å²) in [6.45, 7) is 1.75. The molecular weight excluding hydrogens is 474 g/mol. The molecule has 174 valence electrons. The largest absolute Gasteiger partial charge is 1.20 e. The molecule has 0 aliphatic rings. The van der Waals surface area contributed by atoms with Crippen LogP contribution in [0.3, 0.4) is 0 Å². The molecule has 0 aromatic heterocycles. The van der Waals surface area contributed by atoms with E-state index in [1.54, 1.807) is 0 Å². The van der Waals surface area contributed by atoms with Gasteiger partial charge in [0.15, 0.2) is 34.6 Å². The van der Waals surface area contributed by atoms with Crippen LogP contribution in [0.4, 0.5) is 39.5 Å². The van der Waals surface area contributed by atoms with Gasteiger partial charge < -0.3 is 11.4 Å². The van der Waals surface area contributed by atoms with Crippen molar-refractivity contribution in [1.29, 1.82) is 0 Å². The fourth-order valence-electron chi connectivity index (χ4n) is 1.49. The average molecular weight is 486 g/mol. The third kappa shape index (κ3) is 11.5. The van der Waals surface area contributed by atoms with E-state index in [0.29, 0.717) is 20.8 Å². The predicted octanol–water partition coefficient (Wildman–Crippen LogP) is 4.13. The standard InChI is InChI=1S/3C5H5F3O2.Al/c3*1-3(9)2-4(10)5(6,7)8;/h3*2,10H,1H3;/q;;;+3/p-3/b4-2+;2*4-2-;. The van der Waals surface area contributed by atoms with Gasteiger partial charge in [-0.1, -0.05) is 0 Å². The second-order valence-electron chi connectivity index (χ2n) is 5.49. The molecule has 16 heteroatoms. The predicted molar refractivity (Wildman–Crippen MR) is 83.5 cm³/mol. The van der Waals surface area contributed by atoms with Crippen LogP contribution in [0.1, 0.15) is 20.8 Å². The number of carbonyl (C=O) groups is 3. The maximum Gasteiger partial charge on any atom is 1.20 e. The van der Waals surface area contributed by atoms with E-state index in [2.05, 4.69) is 11.4 Å². The summed E-state index contributed by atoms with van der Waals surface area (Å²) < 4.78 is 129. The Morgan fingerprint density at radius 1 is 0.548 bits per heavy atom. The quantitative estimate of drug-likeness (QED) is 0.211. The van der Waals surface area contributed by atoms with Gasteiger partial charge in [0.25, 0.3) is 0 Å². The van der Waals surface area contributed by atoms with Crippen molar-refractivity contribution >= 4 is 32.5 Å². The normalized spacial score (nSPS) is 14.1. The molecule has 0 aliphatic heterocycles. The van der Waals surface area contributed by atoms with Crippen LogP contribution in [-0.4, -0.2) is 51.0 Å². The van der Waals surface area contributed by atoms with Gasteiger partial charge in [-0.3, -0.25) is 14.4 Å². The zero-order valence-electron chi connectivity index (χ0n) is 15.7. The summed E-state index contributed by atoms with van der Waals surface area (Å²) in [4.78, 5) is 32.8. The summed E-state index contributed by atoms with van der Waals surface area (Å²) >= 11 is -5.20. The second-order valence-corrected chi connectivity index (χ2v) is 6.78. The number of carbonyl (C=O) groups excluding carboxylic acids is 3. The van der Waals surface area contributed by atoms with E-state index in [4.69, 9.17) is 0 Å². The molecule has 0 heterocycles. The van der Waals surface area contributed by atoms with Crippen LogP contribution in [0.15, 0.2) is 35.5 Å². The number of allylic oxidation sites excluding steroid dienone is 6. The monoisotopic (exact) mass is 486 g/mol. The number of alkyl halides is 9. The maximum absolute atomic E-state index is 13.0. The van der Waals surface area contributed by atoms with Crippen LogP contribution in [0, 0.1) is 0 Å². The third-order valence-corrected chi connectivity index (χ3v) is 3.85. The molecule has 0 saturated carbocycles. The van der Waals surface area contributed by atoms with Gasteiger partial charge in [-0.25, -0.2) is 0 Å². The Morgan fingerprint density at radius 2 is 0.742 bits per heavy atom. The molecule has 0 atom stereocenters. The van der Waals surface area contributed by atoms with Gasteiger partial charge in [0, 0.05) is 18.2 Å². The number of halogens is 9. The molecule has 0 N–H and O–H groups in total. The fraction of sp³-hybridized carbons (Fsp3) is 0.400. The first kappa shape index (κ1) is 28.5. The summed E-state index contributed by atoms with van der Waals surface area (Å²) in [5.41, 5.74) is 0. The Labute approximate surface area is 173 Å². The average Bonchev–Trinajstić information content (AvgIpc) is 2.48. The van der Waals surface area contributed by atoms with Crippen molar-refractivity contribution in [3.8, 4) is 0 Å². The third-order valence-electron chi connectivity index (χ3n) is 2.51. The summed E-state index contributed by atoms with van der Waals surface area (Å²) in [5.74, 6) is -10.9. The molecule has 31 heavy (non-hydrogen) atoms. The van der Waals surface area contributed by atoms with Crippen molar-refractivity contribution in [3.63, 3.8) is 0 Å². The molecule has 0 spiro atoms. The van der Waals surface area contributed by atoms with Crippen molar-refractivity contribution in [3.05, 3.63) is 35.5 Å². The summed E-state index contributed by atoms with van der Waals surface area (Å²) in [6.07, 6.45) is -17.4. The van der Waals surface area contributed by atoms with Crippen molar-refractivity contribution < 1.29 is 65.3 Å². The van der Waals surface area contributed by atoms with E-state index in [0.717, 1.165) is 0 Å². The van der Waals surface area contributed by atoms with E-state index in [-0.39, 0.29) is 18.2 Å². The highest BCUT2D eigenvalue weighted by Gasteiger charge is 2.56. The van der Waals surface area contributed by atoms with Crippen molar-refractivity contribution in [2.45, 2.75) is 39.3 Å². The first-order chi connectivity index (χ1) is 13.7. The van der Waals surface area contributed by atoms with E-state index in [1.807, 2.05) is 0 Å². The highest BCUT2D eigenvalue weighted by atomic mass is 27.3. The Bertz CT molecular complexity index is 686. The first-order valence-electron chi connectivity index (χ1n) is 7.61.